The quantitative estimate of drug-likeness (QED) is 0.268. The van der Waals surface area contributed by atoms with Gasteiger partial charge >= 0.3 is 0 Å². The minimum atomic E-state index is -0.140. The molecule has 6 nitrogen and oxygen atoms in total. The maximum atomic E-state index is 13.9. The summed E-state index contributed by atoms with van der Waals surface area (Å²) in [6.07, 6.45) is 1.76. The van der Waals surface area contributed by atoms with Gasteiger partial charge in [-0.3, -0.25) is 9.69 Å². The third-order valence-electron chi connectivity index (χ3n) is 7.10. The van der Waals surface area contributed by atoms with Gasteiger partial charge < -0.3 is 10.2 Å². The first-order valence-electron chi connectivity index (χ1n) is 13.0. The summed E-state index contributed by atoms with van der Waals surface area (Å²) in [5.41, 5.74) is 6.54. The topological polar surface area (TPSA) is 61.4 Å². The minimum Gasteiger partial charge on any atom is -0.343 e. The van der Waals surface area contributed by atoms with Gasteiger partial charge in [-0.25, -0.2) is 4.98 Å². The second-order valence-electron chi connectivity index (χ2n) is 9.75. The highest BCUT2D eigenvalue weighted by molar-refractivity contribution is 6.13. The first-order valence-corrected chi connectivity index (χ1v) is 13.0. The van der Waals surface area contributed by atoms with Crippen LogP contribution in [0.5, 0.6) is 0 Å². The first kappa shape index (κ1) is 24.4. The Morgan fingerprint density at radius 1 is 0.769 bits per heavy atom. The highest BCUT2D eigenvalue weighted by Gasteiger charge is 2.31. The molecule has 4 aromatic carbocycles. The molecule has 6 rings (SSSR count). The predicted octanol–water partition coefficient (Wildman–Crippen LogP) is 6.91. The molecule has 0 spiro atoms. The fourth-order valence-corrected chi connectivity index (χ4v) is 5.00. The van der Waals surface area contributed by atoms with Gasteiger partial charge in [0.2, 0.25) is 5.95 Å². The molecule has 0 unspecified atom stereocenters. The molecule has 1 aromatic heterocycles. The van der Waals surface area contributed by atoms with Crippen LogP contribution in [-0.4, -0.2) is 22.9 Å². The molecule has 0 fully saturated rings. The van der Waals surface area contributed by atoms with E-state index in [1.165, 1.54) is 5.56 Å². The van der Waals surface area contributed by atoms with Crippen molar-refractivity contribution in [2.75, 3.05) is 22.2 Å². The Bertz CT molecular complexity index is 1560. The number of hydrogen-bond acceptors (Lipinski definition) is 5. The SMILES string of the molecule is Cc1ccc(CN2C(=O)c3ccccc3N(C)c3nc(NC(c4ccccc4)c4ccccc4)ncc32)cc1. The van der Waals surface area contributed by atoms with E-state index in [4.69, 9.17) is 9.97 Å². The second-order valence-corrected chi connectivity index (χ2v) is 9.75. The number of aromatic nitrogens is 2. The van der Waals surface area contributed by atoms with Gasteiger partial charge in [-0.15, -0.1) is 0 Å². The number of anilines is 4. The third-order valence-corrected chi connectivity index (χ3v) is 7.10. The van der Waals surface area contributed by atoms with Crippen molar-refractivity contribution in [1.29, 1.82) is 0 Å². The van der Waals surface area contributed by atoms with Crippen LogP contribution in [0.3, 0.4) is 0 Å². The molecule has 6 heteroatoms. The van der Waals surface area contributed by atoms with Crippen molar-refractivity contribution >= 4 is 29.0 Å². The number of para-hydroxylation sites is 1. The smallest absolute Gasteiger partial charge is 0.260 e. The minimum absolute atomic E-state index is 0.0764. The lowest BCUT2D eigenvalue weighted by Gasteiger charge is -2.25. The lowest BCUT2D eigenvalue weighted by molar-refractivity contribution is 0.0986. The molecule has 1 aliphatic rings. The molecule has 0 saturated carbocycles. The van der Waals surface area contributed by atoms with Crippen LogP contribution in [0.4, 0.5) is 23.1 Å². The van der Waals surface area contributed by atoms with Crippen molar-refractivity contribution in [3.8, 4) is 0 Å². The number of nitrogens with one attached hydrogen (secondary N) is 1. The number of fused-ring (bicyclic) bond motifs is 2. The van der Waals surface area contributed by atoms with Crippen LogP contribution < -0.4 is 15.1 Å². The molecule has 0 saturated heterocycles. The Labute approximate surface area is 228 Å². The van der Waals surface area contributed by atoms with Crippen LogP contribution in [0.25, 0.3) is 0 Å². The molecular formula is C33H29N5O. The predicted molar refractivity (Wildman–Crippen MR) is 157 cm³/mol. The number of nitrogens with zero attached hydrogens (tertiary/aromatic N) is 4. The van der Waals surface area contributed by atoms with E-state index in [1.807, 2.05) is 72.6 Å². The number of rotatable bonds is 6. The lowest BCUT2D eigenvalue weighted by Crippen LogP contribution is -2.30. The third kappa shape index (κ3) is 4.84. The fraction of sp³-hybridized carbons (Fsp3) is 0.121. The van der Waals surface area contributed by atoms with Gasteiger partial charge in [0.05, 0.1) is 30.0 Å². The standard InChI is InChI=1S/C33H29N5O/c1-23-17-19-24(20-18-23)22-38-29-21-34-33(36-31(29)37(2)28-16-10-9-15-27(28)32(38)39)35-30(25-11-5-3-6-12-25)26-13-7-4-8-14-26/h3-21,30H,22H2,1-2H3,(H,34,35,36). The van der Waals surface area contributed by atoms with Crippen LogP contribution in [-0.2, 0) is 6.54 Å². The van der Waals surface area contributed by atoms with Crippen LogP contribution in [0.15, 0.2) is 115 Å². The zero-order valence-corrected chi connectivity index (χ0v) is 22.0. The molecule has 2 heterocycles. The van der Waals surface area contributed by atoms with E-state index in [1.54, 1.807) is 11.1 Å². The molecule has 1 N–H and O–H groups in total. The summed E-state index contributed by atoms with van der Waals surface area (Å²) >= 11 is 0. The summed E-state index contributed by atoms with van der Waals surface area (Å²) in [6.45, 7) is 2.48. The first-order chi connectivity index (χ1) is 19.1. The number of benzene rings is 4. The Kier molecular flexibility index (Phi) is 6.51. The van der Waals surface area contributed by atoms with Gasteiger partial charge in [0.15, 0.2) is 5.82 Å². The number of amides is 1. The molecular weight excluding hydrogens is 482 g/mol. The Morgan fingerprint density at radius 2 is 1.38 bits per heavy atom. The summed E-state index contributed by atoms with van der Waals surface area (Å²) in [5.74, 6) is 1.07. The van der Waals surface area contributed by atoms with Crippen molar-refractivity contribution in [1.82, 2.24) is 9.97 Å². The fourth-order valence-electron chi connectivity index (χ4n) is 5.00. The van der Waals surface area contributed by atoms with E-state index in [0.29, 0.717) is 29.6 Å². The van der Waals surface area contributed by atoms with Crippen LogP contribution in [0.1, 0.15) is 38.7 Å². The number of carbonyl (C=O) groups is 1. The highest BCUT2D eigenvalue weighted by atomic mass is 16.2. The van der Waals surface area contributed by atoms with Crippen molar-refractivity contribution < 1.29 is 4.79 Å². The van der Waals surface area contributed by atoms with E-state index < -0.39 is 0 Å². The highest BCUT2D eigenvalue weighted by Crippen LogP contribution is 2.39. The summed E-state index contributed by atoms with van der Waals surface area (Å²) in [5, 5.41) is 3.56. The zero-order chi connectivity index (χ0) is 26.8. The lowest BCUT2D eigenvalue weighted by atomic mass is 9.99. The molecule has 0 aliphatic carbocycles. The van der Waals surface area contributed by atoms with Crippen molar-refractivity contribution in [3.05, 3.63) is 143 Å². The van der Waals surface area contributed by atoms with Crippen LogP contribution in [0.2, 0.25) is 0 Å². The maximum Gasteiger partial charge on any atom is 0.260 e. The van der Waals surface area contributed by atoms with E-state index in [9.17, 15) is 4.79 Å². The van der Waals surface area contributed by atoms with E-state index in [-0.39, 0.29) is 11.9 Å². The zero-order valence-electron chi connectivity index (χ0n) is 22.0. The average Bonchev–Trinajstić information content (AvgIpc) is 3.07. The molecule has 1 aliphatic heterocycles. The van der Waals surface area contributed by atoms with Gasteiger partial charge in [0, 0.05) is 7.05 Å². The summed E-state index contributed by atoms with van der Waals surface area (Å²) < 4.78 is 0. The largest absolute Gasteiger partial charge is 0.343 e. The van der Waals surface area contributed by atoms with Crippen LogP contribution >= 0.6 is 0 Å². The van der Waals surface area contributed by atoms with Gasteiger partial charge in [-0.05, 0) is 35.7 Å². The molecule has 192 valence electrons. The number of carbonyl (C=O) groups excluding carboxylic acids is 1. The van der Waals surface area contributed by atoms with Crippen molar-refractivity contribution in [3.63, 3.8) is 0 Å². The van der Waals surface area contributed by atoms with Gasteiger partial charge in [0.1, 0.15) is 5.69 Å². The summed E-state index contributed by atoms with van der Waals surface area (Å²) in [7, 11) is 1.95. The Hall–Kier alpha value is -4.97. The monoisotopic (exact) mass is 511 g/mol. The average molecular weight is 512 g/mol. The van der Waals surface area contributed by atoms with E-state index >= 15 is 0 Å². The van der Waals surface area contributed by atoms with Gasteiger partial charge in [-0.2, -0.15) is 4.98 Å². The molecule has 0 atom stereocenters. The van der Waals surface area contributed by atoms with E-state index in [0.717, 1.165) is 22.4 Å². The van der Waals surface area contributed by atoms with Gasteiger partial charge in [-0.1, -0.05) is 103 Å². The second kappa shape index (κ2) is 10.4. The Morgan fingerprint density at radius 3 is 2.05 bits per heavy atom. The van der Waals surface area contributed by atoms with Gasteiger partial charge in [0.25, 0.3) is 5.91 Å². The van der Waals surface area contributed by atoms with Crippen molar-refractivity contribution in [2.45, 2.75) is 19.5 Å². The molecule has 39 heavy (non-hydrogen) atoms. The summed E-state index contributed by atoms with van der Waals surface area (Å²) in [4.78, 5) is 27.3. The van der Waals surface area contributed by atoms with E-state index in [2.05, 4.69) is 60.8 Å². The molecule has 0 bridgehead atoms. The van der Waals surface area contributed by atoms with Crippen molar-refractivity contribution in [2.24, 2.45) is 0 Å². The molecule has 0 radical (unpaired) electrons. The number of aryl methyl sites for hydroxylation is 1. The Balaban J connectivity index is 1.43. The summed E-state index contributed by atoms with van der Waals surface area (Å²) in [6, 6.07) is 36.3. The maximum absolute atomic E-state index is 13.9. The number of hydrogen-bond donors (Lipinski definition) is 1. The van der Waals surface area contributed by atoms with Crippen LogP contribution in [0, 0.1) is 6.92 Å². The normalized spacial score (nSPS) is 12.6. The molecule has 1 amide bonds. The molecule has 5 aromatic rings.